The van der Waals surface area contributed by atoms with Crippen molar-refractivity contribution in [3.63, 3.8) is 0 Å². The zero-order valence-electron chi connectivity index (χ0n) is 22.6. The highest BCUT2D eigenvalue weighted by Gasteiger charge is 2.41. The SMILES string of the molecule is CC(C)OC(=O)C(=O)C(Cc1ccccc1)NC(=O)C1CSCN1C(=O)C(NC(=O)N(C)CCN)C(C)C. The number of ether oxygens (including phenoxy) is 1. The molecular formula is C26H39N5O6S. The van der Waals surface area contributed by atoms with Crippen LogP contribution in [0.1, 0.15) is 33.3 Å². The molecule has 1 fully saturated rings. The Hall–Kier alpha value is -3.12. The molecule has 4 N–H and O–H groups in total. The number of hydrogen-bond acceptors (Lipinski definition) is 8. The van der Waals surface area contributed by atoms with Crippen LogP contribution in [0.25, 0.3) is 0 Å². The smallest absolute Gasteiger partial charge is 0.377 e. The van der Waals surface area contributed by atoms with Gasteiger partial charge < -0.3 is 30.9 Å². The van der Waals surface area contributed by atoms with Gasteiger partial charge in [0.05, 0.1) is 12.0 Å². The number of carbonyl (C=O) groups excluding carboxylic acids is 5. The molecule has 11 nitrogen and oxygen atoms in total. The molecule has 3 atom stereocenters. The van der Waals surface area contributed by atoms with Crippen LogP contribution < -0.4 is 16.4 Å². The lowest BCUT2D eigenvalue weighted by atomic mass is 10.0. The van der Waals surface area contributed by atoms with Gasteiger partial charge >= 0.3 is 12.0 Å². The van der Waals surface area contributed by atoms with Crippen LogP contribution in [-0.4, -0.2) is 95.4 Å². The summed E-state index contributed by atoms with van der Waals surface area (Å²) in [5, 5.41) is 5.43. The van der Waals surface area contributed by atoms with Crippen molar-refractivity contribution in [1.82, 2.24) is 20.4 Å². The lowest BCUT2D eigenvalue weighted by Gasteiger charge is -2.31. The van der Waals surface area contributed by atoms with Crippen molar-refractivity contribution < 1.29 is 28.7 Å². The number of benzene rings is 1. The van der Waals surface area contributed by atoms with E-state index in [1.165, 1.54) is 21.6 Å². The van der Waals surface area contributed by atoms with E-state index in [9.17, 15) is 24.0 Å². The summed E-state index contributed by atoms with van der Waals surface area (Å²) in [7, 11) is 1.58. The van der Waals surface area contributed by atoms with Crippen molar-refractivity contribution >= 4 is 41.4 Å². The van der Waals surface area contributed by atoms with Crippen molar-refractivity contribution in [2.45, 2.75) is 58.3 Å². The first-order valence-corrected chi connectivity index (χ1v) is 13.8. The summed E-state index contributed by atoms with van der Waals surface area (Å²) in [5.41, 5.74) is 6.27. The molecule has 0 saturated carbocycles. The lowest BCUT2D eigenvalue weighted by molar-refractivity contribution is -0.158. The van der Waals surface area contributed by atoms with Gasteiger partial charge in [0.15, 0.2) is 0 Å². The van der Waals surface area contributed by atoms with E-state index in [0.717, 1.165) is 5.56 Å². The fraction of sp³-hybridized carbons (Fsp3) is 0.577. The van der Waals surface area contributed by atoms with E-state index in [4.69, 9.17) is 10.5 Å². The number of thioether (sulfide) groups is 1. The van der Waals surface area contributed by atoms with Gasteiger partial charge in [-0.05, 0) is 25.3 Å². The van der Waals surface area contributed by atoms with E-state index in [1.807, 2.05) is 6.07 Å². The normalized spacial score (nSPS) is 16.6. The largest absolute Gasteiger partial charge is 0.457 e. The first-order valence-electron chi connectivity index (χ1n) is 12.6. The molecule has 0 spiro atoms. The average molecular weight is 550 g/mol. The van der Waals surface area contributed by atoms with Gasteiger partial charge in [0.25, 0.3) is 5.78 Å². The number of carbonyl (C=O) groups is 5. The Kier molecular flexibility index (Phi) is 12.0. The van der Waals surface area contributed by atoms with Gasteiger partial charge in [0.2, 0.25) is 11.8 Å². The number of amides is 4. The van der Waals surface area contributed by atoms with Crippen molar-refractivity contribution in [2.75, 3.05) is 31.8 Å². The molecule has 12 heteroatoms. The van der Waals surface area contributed by atoms with Crippen LogP contribution in [0.2, 0.25) is 0 Å². The number of urea groups is 1. The van der Waals surface area contributed by atoms with E-state index >= 15 is 0 Å². The molecule has 1 aliphatic rings. The van der Waals surface area contributed by atoms with Gasteiger partial charge in [-0.15, -0.1) is 11.8 Å². The molecular weight excluding hydrogens is 510 g/mol. The number of rotatable bonds is 12. The summed E-state index contributed by atoms with van der Waals surface area (Å²) in [6, 6.07) is 5.66. The van der Waals surface area contributed by atoms with E-state index in [0.29, 0.717) is 12.3 Å². The predicted octanol–water partition coefficient (Wildman–Crippen LogP) is 0.761. The summed E-state index contributed by atoms with van der Waals surface area (Å²) < 4.78 is 5.07. The Balaban J connectivity index is 2.20. The van der Waals surface area contributed by atoms with Crippen LogP contribution in [0.3, 0.4) is 0 Å². The summed E-state index contributed by atoms with van der Waals surface area (Å²) in [6.45, 7) is 7.48. The number of esters is 1. The van der Waals surface area contributed by atoms with Gasteiger partial charge in [-0.25, -0.2) is 9.59 Å². The molecule has 1 aromatic rings. The van der Waals surface area contributed by atoms with E-state index < -0.39 is 53.8 Å². The maximum atomic E-state index is 13.5. The minimum Gasteiger partial charge on any atom is -0.457 e. The van der Waals surface area contributed by atoms with Crippen LogP contribution in [0, 0.1) is 5.92 Å². The molecule has 0 radical (unpaired) electrons. The molecule has 0 aromatic heterocycles. The third-order valence-corrected chi connectivity index (χ3v) is 6.96. The molecule has 4 amide bonds. The number of nitrogens with zero attached hydrogens (tertiary/aromatic N) is 2. The second-order valence-corrected chi connectivity index (χ2v) is 10.8. The summed E-state index contributed by atoms with van der Waals surface area (Å²) in [5.74, 6) is -2.53. The van der Waals surface area contributed by atoms with Gasteiger partial charge in [-0.1, -0.05) is 44.2 Å². The van der Waals surface area contributed by atoms with E-state index in [2.05, 4.69) is 10.6 Å². The molecule has 38 heavy (non-hydrogen) atoms. The Morgan fingerprint density at radius 3 is 2.34 bits per heavy atom. The first kappa shape index (κ1) is 31.1. The Morgan fingerprint density at radius 1 is 1.11 bits per heavy atom. The maximum Gasteiger partial charge on any atom is 0.377 e. The minimum atomic E-state index is -1.16. The molecule has 1 heterocycles. The zero-order valence-corrected chi connectivity index (χ0v) is 23.5. The van der Waals surface area contributed by atoms with Crippen LogP contribution in [0.15, 0.2) is 30.3 Å². The molecule has 1 aliphatic heterocycles. The highest BCUT2D eigenvalue weighted by atomic mass is 32.2. The quantitative estimate of drug-likeness (QED) is 0.255. The van der Waals surface area contributed by atoms with Gasteiger partial charge in [0.1, 0.15) is 18.1 Å². The molecule has 0 bridgehead atoms. The number of Topliss-reactive ketones (excluding diaryl/α,β-unsaturated/α-hetero) is 1. The standard InChI is InChI=1S/C26H39N5O6S/c1-16(2)21(29-26(36)30(5)12-11-27)24(34)31-15-38-14-20(31)23(33)28-19(13-18-9-7-6-8-10-18)22(32)25(35)37-17(3)4/h6-10,16-17,19-21H,11-15,27H2,1-5H3,(H,28,33)(H,29,36). The van der Waals surface area contributed by atoms with Crippen LogP contribution in [-0.2, 0) is 30.3 Å². The summed E-state index contributed by atoms with van der Waals surface area (Å²) >= 11 is 1.39. The number of ketones is 1. The molecule has 1 aromatic carbocycles. The van der Waals surface area contributed by atoms with Gasteiger partial charge in [0, 0.05) is 32.3 Å². The summed E-state index contributed by atoms with van der Waals surface area (Å²) in [4.78, 5) is 67.5. The number of hydrogen-bond donors (Lipinski definition) is 3. The van der Waals surface area contributed by atoms with Crippen molar-refractivity contribution in [3.05, 3.63) is 35.9 Å². The molecule has 3 unspecified atom stereocenters. The van der Waals surface area contributed by atoms with Crippen molar-refractivity contribution in [1.29, 1.82) is 0 Å². The Bertz CT molecular complexity index is 990. The molecule has 0 aliphatic carbocycles. The van der Waals surface area contributed by atoms with Crippen molar-refractivity contribution in [3.8, 4) is 0 Å². The van der Waals surface area contributed by atoms with Crippen molar-refractivity contribution in [2.24, 2.45) is 11.7 Å². The van der Waals surface area contributed by atoms with E-state index in [-0.39, 0.29) is 24.8 Å². The van der Waals surface area contributed by atoms with Crippen LogP contribution in [0.4, 0.5) is 4.79 Å². The third kappa shape index (κ3) is 8.73. The second kappa shape index (κ2) is 14.7. The molecule has 210 valence electrons. The maximum absolute atomic E-state index is 13.5. The average Bonchev–Trinajstić information content (AvgIpc) is 3.36. The van der Waals surface area contributed by atoms with Gasteiger partial charge in [-0.2, -0.15) is 0 Å². The second-order valence-electron chi connectivity index (χ2n) is 9.77. The Morgan fingerprint density at radius 2 is 1.76 bits per heavy atom. The fourth-order valence-electron chi connectivity index (χ4n) is 3.85. The number of likely N-dealkylation sites (N-methyl/N-ethyl adjacent to an activating group) is 1. The Labute approximate surface area is 228 Å². The number of nitrogens with two attached hydrogens (primary N) is 1. The molecule has 1 saturated heterocycles. The van der Waals surface area contributed by atoms with E-state index in [1.54, 1.807) is 59.0 Å². The van der Waals surface area contributed by atoms with Crippen LogP contribution in [0.5, 0.6) is 0 Å². The predicted molar refractivity (Wildman–Crippen MR) is 145 cm³/mol. The topological polar surface area (TPSA) is 151 Å². The highest BCUT2D eigenvalue weighted by molar-refractivity contribution is 7.99. The minimum absolute atomic E-state index is 0.0879. The zero-order chi connectivity index (χ0) is 28.4. The highest BCUT2D eigenvalue weighted by Crippen LogP contribution is 2.24. The summed E-state index contributed by atoms with van der Waals surface area (Å²) in [6.07, 6.45) is -0.407. The first-order chi connectivity index (χ1) is 18.0. The van der Waals surface area contributed by atoms with Crippen LogP contribution >= 0.6 is 11.8 Å². The third-order valence-electron chi connectivity index (χ3n) is 5.95. The fourth-order valence-corrected chi connectivity index (χ4v) is 5.01. The monoisotopic (exact) mass is 549 g/mol. The van der Waals surface area contributed by atoms with Gasteiger partial charge in [-0.3, -0.25) is 14.4 Å². The lowest BCUT2D eigenvalue weighted by Crippen LogP contribution is -2.58. The number of nitrogens with one attached hydrogen (secondary N) is 2. The molecule has 2 rings (SSSR count).